The molecule has 5 heteroatoms. The fraction of sp³-hybridized carbons (Fsp3) is 0.923. The Labute approximate surface area is 116 Å². The fourth-order valence-electron chi connectivity index (χ4n) is 3.05. The zero-order valence-corrected chi connectivity index (χ0v) is 12.1. The summed E-state index contributed by atoms with van der Waals surface area (Å²) in [6.45, 7) is 5.50. The number of carbonyl (C=O) groups is 1. The van der Waals surface area contributed by atoms with E-state index >= 15 is 0 Å². The topological polar surface area (TPSA) is 55.6 Å². The molecule has 2 fully saturated rings. The number of hydrogen-bond donors (Lipinski definition) is 1. The molecule has 0 radical (unpaired) electrons. The summed E-state index contributed by atoms with van der Waals surface area (Å²) in [6.07, 6.45) is 4.30. The van der Waals surface area contributed by atoms with Gasteiger partial charge in [-0.1, -0.05) is 6.42 Å². The first kappa shape index (κ1) is 15.7. The third-order valence-electron chi connectivity index (χ3n) is 3.93. The van der Waals surface area contributed by atoms with Gasteiger partial charge in [0.2, 0.25) is 5.91 Å². The lowest BCUT2D eigenvalue weighted by atomic mass is 9.99. The number of carbonyl (C=O) groups excluding carboxylic acids is 1. The van der Waals surface area contributed by atoms with Gasteiger partial charge in [0.15, 0.2) is 0 Å². The van der Waals surface area contributed by atoms with Crippen LogP contribution in [0.2, 0.25) is 0 Å². The van der Waals surface area contributed by atoms with E-state index in [0.717, 1.165) is 25.9 Å². The summed E-state index contributed by atoms with van der Waals surface area (Å²) in [5.41, 5.74) is 6.02. The lowest BCUT2D eigenvalue weighted by molar-refractivity contribution is -0.144. The van der Waals surface area contributed by atoms with Crippen LogP contribution in [0.5, 0.6) is 0 Å². The Bertz CT molecular complexity index is 278. The standard InChI is InChI=1S/C13H24N2O2.ClH/c1-9-7-15(8-10(2)17-9)13(16)6-11-4-3-5-12(11)14;/h9-12H,3-8,14H2,1-2H3;1H/t9?,10?,11-,12+;/m0./s1. The molecule has 1 aliphatic heterocycles. The summed E-state index contributed by atoms with van der Waals surface area (Å²) >= 11 is 0. The van der Waals surface area contributed by atoms with Gasteiger partial charge >= 0.3 is 0 Å². The Balaban J connectivity index is 0.00000162. The fourth-order valence-corrected chi connectivity index (χ4v) is 3.05. The highest BCUT2D eigenvalue weighted by Crippen LogP contribution is 2.27. The molecule has 2 unspecified atom stereocenters. The van der Waals surface area contributed by atoms with Gasteiger partial charge < -0.3 is 15.4 Å². The number of rotatable bonds is 2. The van der Waals surface area contributed by atoms with Crippen LogP contribution in [0.4, 0.5) is 0 Å². The Kier molecular flexibility index (Phi) is 5.89. The number of nitrogens with zero attached hydrogens (tertiary/aromatic N) is 1. The average molecular weight is 277 g/mol. The first-order chi connectivity index (χ1) is 8.06. The summed E-state index contributed by atoms with van der Waals surface area (Å²) in [5, 5.41) is 0. The lowest BCUT2D eigenvalue weighted by Gasteiger charge is -2.36. The normalized spacial score (nSPS) is 36.3. The maximum Gasteiger partial charge on any atom is 0.223 e. The van der Waals surface area contributed by atoms with Crippen LogP contribution in [0.1, 0.15) is 39.5 Å². The third kappa shape index (κ3) is 3.84. The second kappa shape index (κ2) is 6.73. The maximum absolute atomic E-state index is 12.2. The highest BCUT2D eigenvalue weighted by atomic mass is 35.5. The molecule has 4 atom stereocenters. The molecule has 4 nitrogen and oxygen atoms in total. The highest BCUT2D eigenvalue weighted by Gasteiger charge is 2.31. The van der Waals surface area contributed by atoms with E-state index in [4.69, 9.17) is 10.5 Å². The number of halogens is 1. The maximum atomic E-state index is 12.2. The minimum atomic E-state index is 0. The van der Waals surface area contributed by atoms with Crippen LogP contribution >= 0.6 is 12.4 Å². The van der Waals surface area contributed by atoms with E-state index < -0.39 is 0 Å². The zero-order chi connectivity index (χ0) is 12.4. The number of amides is 1. The van der Waals surface area contributed by atoms with Crippen LogP contribution in [-0.2, 0) is 9.53 Å². The molecule has 2 aliphatic rings. The van der Waals surface area contributed by atoms with Crippen molar-refractivity contribution in [2.75, 3.05) is 13.1 Å². The SMILES string of the molecule is CC1CN(C(=O)C[C@@H]2CCC[C@H]2N)CC(C)O1.Cl. The molecule has 0 aromatic heterocycles. The Hall–Kier alpha value is -0.320. The van der Waals surface area contributed by atoms with E-state index in [2.05, 4.69) is 0 Å². The van der Waals surface area contributed by atoms with Gasteiger partial charge in [-0.05, 0) is 32.6 Å². The van der Waals surface area contributed by atoms with Gasteiger partial charge in [-0.25, -0.2) is 0 Å². The van der Waals surface area contributed by atoms with Crippen LogP contribution in [0.3, 0.4) is 0 Å². The number of hydrogen-bond acceptors (Lipinski definition) is 3. The van der Waals surface area contributed by atoms with E-state index in [-0.39, 0.29) is 36.6 Å². The number of ether oxygens (including phenoxy) is 1. The predicted molar refractivity (Wildman–Crippen MR) is 73.8 cm³/mol. The first-order valence-electron chi connectivity index (χ1n) is 6.75. The van der Waals surface area contributed by atoms with Gasteiger partial charge in [-0.3, -0.25) is 4.79 Å². The summed E-state index contributed by atoms with van der Waals surface area (Å²) in [7, 11) is 0. The van der Waals surface area contributed by atoms with Crippen molar-refractivity contribution < 1.29 is 9.53 Å². The van der Waals surface area contributed by atoms with Crippen molar-refractivity contribution in [1.29, 1.82) is 0 Å². The zero-order valence-electron chi connectivity index (χ0n) is 11.3. The smallest absolute Gasteiger partial charge is 0.223 e. The average Bonchev–Trinajstić information content (AvgIpc) is 2.63. The van der Waals surface area contributed by atoms with Crippen molar-refractivity contribution in [3.8, 4) is 0 Å². The van der Waals surface area contributed by atoms with Crippen LogP contribution in [-0.4, -0.2) is 42.1 Å². The van der Waals surface area contributed by atoms with Gasteiger partial charge in [0, 0.05) is 25.6 Å². The van der Waals surface area contributed by atoms with Gasteiger partial charge in [-0.15, -0.1) is 12.4 Å². The lowest BCUT2D eigenvalue weighted by Crippen LogP contribution is -2.48. The van der Waals surface area contributed by atoms with Crippen molar-refractivity contribution in [3.63, 3.8) is 0 Å². The van der Waals surface area contributed by atoms with Crippen LogP contribution in [0, 0.1) is 5.92 Å². The molecule has 1 amide bonds. The highest BCUT2D eigenvalue weighted by molar-refractivity contribution is 5.85. The third-order valence-corrected chi connectivity index (χ3v) is 3.93. The van der Waals surface area contributed by atoms with Crippen molar-refractivity contribution in [1.82, 2.24) is 4.90 Å². The summed E-state index contributed by atoms with van der Waals surface area (Å²) in [4.78, 5) is 14.2. The van der Waals surface area contributed by atoms with E-state index in [1.165, 1.54) is 6.42 Å². The Morgan fingerprint density at radius 3 is 2.39 bits per heavy atom. The molecule has 0 aromatic rings. The molecule has 18 heavy (non-hydrogen) atoms. The molecule has 0 bridgehead atoms. The van der Waals surface area contributed by atoms with E-state index in [9.17, 15) is 4.79 Å². The van der Waals surface area contributed by atoms with Crippen molar-refractivity contribution >= 4 is 18.3 Å². The molecule has 1 saturated carbocycles. The quantitative estimate of drug-likeness (QED) is 0.833. The minimum Gasteiger partial charge on any atom is -0.372 e. The van der Waals surface area contributed by atoms with E-state index in [0.29, 0.717) is 12.3 Å². The molecule has 1 saturated heterocycles. The monoisotopic (exact) mass is 276 g/mol. The van der Waals surface area contributed by atoms with Gasteiger partial charge in [-0.2, -0.15) is 0 Å². The number of morpholine rings is 1. The minimum absolute atomic E-state index is 0. The second-order valence-corrected chi connectivity index (χ2v) is 5.62. The van der Waals surface area contributed by atoms with Gasteiger partial charge in [0.25, 0.3) is 0 Å². The van der Waals surface area contributed by atoms with Crippen LogP contribution in [0.25, 0.3) is 0 Å². The van der Waals surface area contributed by atoms with Crippen molar-refractivity contribution in [2.24, 2.45) is 11.7 Å². The molecule has 1 aliphatic carbocycles. The molecule has 2 N–H and O–H groups in total. The molecule has 106 valence electrons. The summed E-state index contributed by atoms with van der Waals surface area (Å²) in [5.74, 6) is 0.658. The summed E-state index contributed by atoms with van der Waals surface area (Å²) in [6, 6.07) is 0.231. The first-order valence-corrected chi connectivity index (χ1v) is 6.75. The molecule has 0 spiro atoms. The molecule has 1 heterocycles. The molecule has 0 aromatic carbocycles. The summed E-state index contributed by atoms with van der Waals surface area (Å²) < 4.78 is 5.64. The number of nitrogens with two attached hydrogens (primary N) is 1. The largest absolute Gasteiger partial charge is 0.372 e. The molecular formula is C13H25ClN2O2. The Morgan fingerprint density at radius 1 is 1.28 bits per heavy atom. The molecule has 2 rings (SSSR count). The van der Waals surface area contributed by atoms with Gasteiger partial charge in [0.05, 0.1) is 12.2 Å². The van der Waals surface area contributed by atoms with Crippen LogP contribution < -0.4 is 5.73 Å². The second-order valence-electron chi connectivity index (χ2n) is 5.62. The van der Waals surface area contributed by atoms with E-state index in [1.807, 2.05) is 18.7 Å². The van der Waals surface area contributed by atoms with Gasteiger partial charge in [0.1, 0.15) is 0 Å². The Morgan fingerprint density at radius 2 is 1.89 bits per heavy atom. The van der Waals surface area contributed by atoms with Crippen molar-refractivity contribution in [3.05, 3.63) is 0 Å². The predicted octanol–water partition coefficient (Wildman–Crippen LogP) is 1.56. The van der Waals surface area contributed by atoms with Crippen molar-refractivity contribution in [2.45, 2.75) is 57.8 Å². The molecular weight excluding hydrogens is 252 g/mol. The van der Waals surface area contributed by atoms with E-state index in [1.54, 1.807) is 0 Å². The van der Waals surface area contributed by atoms with Crippen LogP contribution in [0.15, 0.2) is 0 Å².